The number of carbonyl (C=O) groups is 6. The van der Waals surface area contributed by atoms with E-state index in [4.69, 9.17) is 29.2 Å². The normalized spacial score (nSPS) is 13.5. The van der Waals surface area contributed by atoms with Gasteiger partial charge in [0.25, 0.3) is 11.8 Å². The average Bonchev–Trinajstić information content (AvgIpc) is 3.19. The van der Waals surface area contributed by atoms with Crippen LogP contribution in [0.1, 0.15) is 25.7 Å². The van der Waals surface area contributed by atoms with Gasteiger partial charge in [0.2, 0.25) is 11.8 Å². The van der Waals surface area contributed by atoms with E-state index >= 15 is 0 Å². The highest BCUT2D eigenvalue weighted by Gasteiger charge is 2.23. The van der Waals surface area contributed by atoms with Crippen molar-refractivity contribution in [3.63, 3.8) is 0 Å². The number of hydrogen-bond donors (Lipinski definition) is 4. The molecule has 0 aromatic rings. The van der Waals surface area contributed by atoms with E-state index in [-0.39, 0.29) is 71.1 Å². The fourth-order valence-electron chi connectivity index (χ4n) is 2.93. The van der Waals surface area contributed by atoms with Crippen molar-refractivity contribution in [3.05, 3.63) is 12.2 Å². The molecule has 0 aliphatic carbocycles. The number of rotatable bonds is 23. The van der Waals surface area contributed by atoms with Crippen LogP contribution in [0, 0.1) is 0 Å². The average molecular weight is 546 g/mol. The largest absolute Gasteiger partial charge is 0.481 e. The van der Waals surface area contributed by atoms with Gasteiger partial charge >= 0.3 is 11.9 Å². The van der Waals surface area contributed by atoms with Crippen molar-refractivity contribution in [2.24, 2.45) is 0 Å². The minimum Gasteiger partial charge on any atom is -0.481 e. The summed E-state index contributed by atoms with van der Waals surface area (Å²) in [7, 11) is 0. The summed E-state index contributed by atoms with van der Waals surface area (Å²) in [6, 6.07) is -1.26. The van der Waals surface area contributed by atoms with Gasteiger partial charge in [-0.05, 0) is 6.42 Å². The Balaban J connectivity index is 1.86. The van der Waals surface area contributed by atoms with Gasteiger partial charge in [-0.2, -0.15) is 0 Å². The number of carbonyl (C=O) groups excluding carboxylic acids is 4. The number of carboxylic acids is 2. The third-order valence-electron chi connectivity index (χ3n) is 4.90. The summed E-state index contributed by atoms with van der Waals surface area (Å²) >= 11 is 0. The number of ether oxygens (including phenoxy) is 4. The summed E-state index contributed by atoms with van der Waals surface area (Å²) in [5.74, 6) is -4.12. The molecule has 1 aliphatic heterocycles. The number of nitrogens with one attached hydrogen (secondary N) is 2. The summed E-state index contributed by atoms with van der Waals surface area (Å²) in [6.45, 7) is 2.46. The van der Waals surface area contributed by atoms with Crippen molar-refractivity contribution < 1.29 is 57.9 Å². The molecule has 4 amide bonds. The molecule has 0 fully saturated rings. The van der Waals surface area contributed by atoms with Crippen LogP contribution in [0.25, 0.3) is 0 Å². The second kappa shape index (κ2) is 19.7. The van der Waals surface area contributed by atoms with Crippen LogP contribution in [0.2, 0.25) is 0 Å². The smallest absolute Gasteiger partial charge is 0.326 e. The van der Waals surface area contributed by atoms with Crippen LogP contribution in [0.15, 0.2) is 12.2 Å². The lowest BCUT2D eigenvalue weighted by molar-refractivity contribution is -0.143. The van der Waals surface area contributed by atoms with Crippen LogP contribution < -0.4 is 10.6 Å². The molecule has 15 nitrogen and oxygen atoms in total. The zero-order valence-electron chi connectivity index (χ0n) is 21.1. The third kappa shape index (κ3) is 15.7. The highest BCUT2D eigenvalue weighted by Crippen LogP contribution is 2.04. The van der Waals surface area contributed by atoms with E-state index in [9.17, 15) is 28.8 Å². The van der Waals surface area contributed by atoms with Gasteiger partial charge in [-0.3, -0.25) is 28.9 Å². The van der Waals surface area contributed by atoms with Crippen LogP contribution >= 0.6 is 0 Å². The van der Waals surface area contributed by atoms with E-state index in [1.54, 1.807) is 0 Å². The minimum absolute atomic E-state index is 0.0199. The highest BCUT2D eigenvalue weighted by atomic mass is 16.6. The van der Waals surface area contributed by atoms with E-state index in [2.05, 4.69) is 10.6 Å². The first-order chi connectivity index (χ1) is 18.2. The van der Waals surface area contributed by atoms with E-state index in [0.717, 1.165) is 4.90 Å². The molecule has 0 spiro atoms. The topological polar surface area (TPSA) is 207 Å². The van der Waals surface area contributed by atoms with E-state index in [0.29, 0.717) is 26.4 Å². The fourth-order valence-corrected chi connectivity index (χ4v) is 2.93. The van der Waals surface area contributed by atoms with Gasteiger partial charge in [0, 0.05) is 44.5 Å². The monoisotopic (exact) mass is 545 g/mol. The molecule has 0 bridgehead atoms. The zero-order chi connectivity index (χ0) is 28.2. The minimum atomic E-state index is -1.30. The number of hydrogen-bond acceptors (Lipinski definition) is 10. The number of amides is 4. The quantitative estimate of drug-likeness (QED) is 0.0838. The molecular formula is C23H35N3O12. The molecule has 214 valence electrons. The maximum Gasteiger partial charge on any atom is 0.326 e. The van der Waals surface area contributed by atoms with Crippen molar-refractivity contribution >= 4 is 35.6 Å². The SMILES string of the molecule is O=C(O)CCC(NC(=O)CCOCCOCCOCCOCCNC(=O)CCN1C(=O)C=CC1=O)C(=O)O. The van der Waals surface area contributed by atoms with E-state index in [1.165, 1.54) is 12.2 Å². The first-order valence-corrected chi connectivity index (χ1v) is 12.1. The van der Waals surface area contributed by atoms with E-state index in [1.807, 2.05) is 0 Å². The Morgan fingerprint density at radius 1 is 0.737 bits per heavy atom. The summed E-state index contributed by atoms with van der Waals surface area (Å²) in [5, 5.41) is 22.5. The Bertz CT molecular complexity index is 814. The molecule has 0 aromatic carbocycles. The van der Waals surface area contributed by atoms with Gasteiger partial charge in [0.05, 0.1) is 52.9 Å². The standard InChI is InChI=1S/C23H35N3O12/c27-18(5-8-26-20(29)2-3-21(26)30)24-7-10-36-12-14-38-16-15-37-13-11-35-9-6-19(28)25-17(23(33)34)1-4-22(31)32/h2-3,17H,1,4-16H2,(H,24,27)(H,25,28)(H,31,32)(H,33,34). The van der Waals surface area contributed by atoms with Crippen molar-refractivity contribution in [2.45, 2.75) is 31.7 Å². The molecule has 1 atom stereocenters. The van der Waals surface area contributed by atoms with Crippen molar-refractivity contribution in [2.75, 3.05) is 65.9 Å². The maximum atomic E-state index is 11.7. The molecule has 1 aliphatic rings. The molecule has 1 heterocycles. The fraction of sp³-hybridized carbons (Fsp3) is 0.652. The van der Waals surface area contributed by atoms with Crippen LogP contribution in [0.3, 0.4) is 0 Å². The molecule has 15 heteroatoms. The Morgan fingerprint density at radius 3 is 1.79 bits per heavy atom. The molecular weight excluding hydrogens is 510 g/mol. The molecule has 0 saturated carbocycles. The van der Waals surface area contributed by atoms with Gasteiger partial charge in [-0.1, -0.05) is 0 Å². The van der Waals surface area contributed by atoms with Crippen LogP contribution in [-0.2, 0) is 47.7 Å². The molecule has 1 unspecified atom stereocenters. The molecule has 38 heavy (non-hydrogen) atoms. The molecule has 1 rings (SSSR count). The zero-order valence-corrected chi connectivity index (χ0v) is 21.1. The Labute approximate surface area is 219 Å². The molecule has 0 saturated heterocycles. The van der Waals surface area contributed by atoms with Gasteiger partial charge in [-0.25, -0.2) is 4.79 Å². The predicted octanol–water partition coefficient (Wildman–Crippen LogP) is -1.69. The Morgan fingerprint density at radius 2 is 1.26 bits per heavy atom. The van der Waals surface area contributed by atoms with Crippen LogP contribution in [-0.4, -0.2) is 123 Å². The lowest BCUT2D eigenvalue weighted by atomic mass is 10.1. The number of carboxylic acid groups (broad SMARTS) is 2. The molecule has 0 aromatic heterocycles. The van der Waals surface area contributed by atoms with Gasteiger partial charge in [0.1, 0.15) is 6.04 Å². The first kappa shape index (κ1) is 32.6. The van der Waals surface area contributed by atoms with Gasteiger partial charge in [0.15, 0.2) is 0 Å². The number of aliphatic carboxylic acids is 2. The summed E-state index contributed by atoms with van der Waals surface area (Å²) in [4.78, 5) is 68.8. The first-order valence-electron chi connectivity index (χ1n) is 12.1. The van der Waals surface area contributed by atoms with Crippen LogP contribution in [0.5, 0.6) is 0 Å². The Hall–Kier alpha value is -3.40. The summed E-state index contributed by atoms with van der Waals surface area (Å²) < 4.78 is 21.2. The van der Waals surface area contributed by atoms with E-state index < -0.39 is 35.7 Å². The molecule has 0 radical (unpaired) electrons. The second-order valence-electron chi connectivity index (χ2n) is 7.85. The lowest BCUT2D eigenvalue weighted by Crippen LogP contribution is -2.41. The number of imide groups is 1. The summed E-state index contributed by atoms with van der Waals surface area (Å²) in [5.41, 5.74) is 0. The van der Waals surface area contributed by atoms with Gasteiger partial charge < -0.3 is 39.8 Å². The lowest BCUT2D eigenvalue weighted by Gasteiger charge is -2.13. The van der Waals surface area contributed by atoms with Crippen molar-refractivity contribution in [1.82, 2.24) is 15.5 Å². The Kier molecular flexibility index (Phi) is 16.9. The number of nitrogens with zero attached hydrogens (tertiary/aromatic N) is 1. The highest BCUT2D eigenvalue weighted by molar-refractivity contribution is 6.13. The third-order valence-corrected chi connectivity index (χ3v) is 4.90. The molecule has 4 N–H and O–H groups in total. The predicted molar refractivity (Wildman–Crippen MR) is 128 cm³/mol. The van der Waals surface area contributed by atoms with Crippen LogP contribution in [0.4, 0.5) is 0 Å². The maximum absolute atomic E-state index is 11.7. The van der Waals surface area contributed by atoms with Crippen molar-refractivity contribution in [1.29, 1.82) is 0 Å². The summed E-state index contributed by atoms with van der Waals surface area (Å²) in [6.07, 6.45) is 1.72. The van der Waals surface area contributed by atoms with Crippen molar-refractivity contribution in [3.8, 4) is 0 Å². The second-order valence-corrected chi connectivity index (χ2v) is 7.85. The van der Waals surface area contributed by atoms with Gasteiger partial charge in [-0.15, -0.1) is 0 Å².